The Bertz CT molecular complexity index is 1430. The largest absolute Gasteiger partial charge is 0.493 e. The average molecular weight is 504 g/mol. The van der Waals surface area contributed by atoms with Crippen LogP contribution in [-0.2, 0) is 19.4 Å². The number of nitrogens with one attached hydrogen (secondary N) is 1. The molecule has 0 spiro atoms. The van der Waals surface area contributed by atoms with Crippen LogP contribution in [0, 0.1) is 13.8 Å². The van der Waals surface area contributed by atoms with Gasteiger partial charge in [0.25, 0.3) is 0 Å². The number of carbonyl (C=O) groups excluding carboxylic acids is 1. The SMILES string of the molecule is COc1cc2c(cc1OC)-c1cc(N3c4c(C)cc(C)cc4CCC3CCNC(N)=O)nc(=O)n1CC2. The van der Waals surface area contributed by atoms with E-state index in [2.05, 4.69) is 41.2 Å². The predicted molar refractivity (Wildman–Crippen MR) is 143 cm³/mol. The monoisotopic (exact) mass is 503 g/mol. The molecule has 2 amide bonds. The summed E-state index contributed by atoms with van der Waals surface area (Å²) < 4.78 is 12.8. The van der Waals surface area contributed by atoms with Crippen molar-refractivity contribution in [3.63, 3.8) is 0 Å². The number of aromatic nitrogens is 2. The second-order valence-electron chi connectivity index (χ2n) is 9.78. The van der Waals surface area contributed by atoms with E-state index in [9.17, 15) is 9.59 Å². The fourth-order valence-corrected chi connectivity index (χ4v) is 5.81. The van der Waals surface area contributed by atoms with E-state index in [1.807, 2.05) is 18.2 Å². The number of hydrogen-bond acceptors (Lipinski definition) is 6. The minimum Gasteiger partial charge on any atom is -0.493 e. The molecule has 37 heavy (non-hydrogen) atoms. The summed E-state index contributed by atoms with van der Waals surface area (Å²) in [6, 6.07) is 9.82. The van der Waals surface area contributed by atoms with Gasteiger partial charge in [0, 0.05) is 36.4 Å². The van der Waals surface area contributed by atoms with E-state index >= 15 is 0 Å². The Labute approximate surface area is 216 Å². The lowest BCUT2D eigenvalue weighted by molar-refractivity contribution is 0.248. The summed E-state index contributed by atoms with van der Waals surface area (Å²) >= 11 is 0. The first-order chi connectivity index (χ1) is 17.8. The molecule has 0 saturated heterocycles. The highest BCUT2D eigenvalue weighted by atomic mass is 16.5. The smallest absolute Gasteiger partial charge is 0.350 e. The van der Waals surface area contributed by atoms with Crippen LogP contribution in [0.4, 0.5) is 16.3 Å². The van der Waals surface area contributed by atoms with Gasteiger partial charge in [-0.3, -0.25) is 4.57 Å². The van der Waals surface area contributed by atoms with E-state index in [1.165, 1.54) is 11.1 Å². The van der Waals surface area contributed by atoms with Crippen LogP contribution in [0.5, 0.6) is 11.5 Å². The third-order valence-electron chi connectivity index (χ3n) is 7.39. The van der Waals surface area contributed by atoms with Crippen molar-refractivity contribution in [2.75, 3.05) is 25.7 Å². The standard InChI is InChI=1S/C28H33N5O4/c1-16-11-17(2)26-19(12-16)5-6-20(7-9-30-27(29)34)33(26)25-15-22-21-14-24(37-4)23(36-3)13-18(21)8-10-32(22)28(35)31-25/h11-15,20H,5-10H2,1-4H3,(H3,29,30,34). The molecule has 9 heteroatoms. The summed E-state index contributed by atoms with van der Waals surface area (Å²) in [4.78, 5) is 31.5. The van der Waals surface area contributed by atoms with E-state index in [0.29, 0.717) is 43.2 Å². The normalized spacial score (nSPS) is 15.9. The van der Waals surface area contributed by atoms with E-state index in [0.717, 1.165) is 40.9 Å². The molecule has 3 aromatic rings. The van der Waals surface area contributed by atoms with Crippen LogP contribution in [0.1, 0.15) is 35.1 Å². The second kappa shape index (κ2) is 9.80. The molecule has 0 aliphatic carbocycles. The van der Waals surface area contributed by atoms with Gasteiger partial charge in [0.05, 0.1) is 19.9 Å². The molecule has 0 saturated carbocycles. The maximum absolute atomic E-state index is 13.4. The number of ether oxygens (including phenoxy) is 2. The van der Waals surface area contributed by atoms with Crippen molar-refractivity contribution in [3.05, 3.63) is 63.1 Å². The van der Waals surface area contributed by atoms with Crippen molar-refractivity contribution in [2.24, 2.45) is 5.73 Å². The number of nitrogens with two attached hydrogens (primary N) is 1. The van der Waals surface area contributed by atoms with Crippen molar-refractivity contribution in [1.82, 2.24) is 14.9 Å². The number of anilines is 2. The number of nitrogens with zero attached hydrogens (tertiary/aromatic N) is 3. The molecule has 2 aromatic carbocycles. The molecule has 2 aliphatic heterocycles. The molecule has 0 radical (unpaired) electrons. The molecule has 194 valence electrons. The first kappa shape index (κ1) is 24.7. The lowest BCUT2D eigenvalue weighted by Crippen LogP contribution is -2.41. The molecule has 3 heterocycles. The Hall–Kier alpha value is -4.01. The molecule has 3 N–H and O–H groups in total. The van der Waals surface area contributed by atoms with Gasteiger partial charge >= 0.3 is 11.7 Å². The highest BCUT2D eigenvalue weighted by Gasteiger charge is 2.32. The van der Waals surface area contributed by atoms with Crippen LogP contribution in [-0.4, -0.2) is 42.4 Å². The minimum absolute atomic E-state index is 0.0455. The quantitative estimate of drug-likeness (QED) is 0.532. The number of benzene rings is 2. The summed E-state index contributed by atoms with van der Waals surface area (Å²) in [6.07, 6.45) is 3.17. The highest BCUT2D eigenvalue weighted by Crippen LogP contribution is 2.42. The number of primary amides is 1. The molecule has 1 unspecified atom stereocenters. The topological polar surface area (TPSA) is 112 Å². The first-order valence-electron chi connectivity index (χ1n) is 12.6. The third-order valence-corrected chi connectivity index (χ3v) is 7.39. The molecule has 5 rings (SSSR count). The van der Waals surface area contributed by atoms with E-state index in [1.54, 1.807) is 18.8 Å². The summed E-state index contributed by atoms with van der Waals surface area (Å²) in [7, 11) is 3.23. The van der Waals surface area contributed by atoms with Gasteiger partial charge in [0.1, 0.15) is 5.82 Å². The highest BCUT2D eigenvalue weighted by molar-refractivity contribution is 5.76. The van der Waals surface area contributed by atoms with E-state index < -0.39 is 6.03 Å². The van der Waals surface area contributed by atoms with Gasteiger partial charge in [-0.1, -0.05) is 17.7 Å². The molecule has 2 aliphatic rings. The van der Waals surface area contributed by atoms with Gasteiger partial charge in [-0.15, -0.1) is 0 Å². The Morgan fingerprint density at radius 1 is 1.08 bits per heavy atom. The molecule has 0 fully saturated rings. The van der Waals surface area contributed by atoms with Gasteiger partial charge in [0.15, 0.2) is 11.5 Å². The van der Waals surface area contributed by atoms with Crippen LogP contribution >= 0.6 is 0 Å². The van der Waals surface area contributed by atoms with E-state index in [4.69, 9.17) is 15.2 Å². The predicted octanol–water partition coefficient (Wildman–Crippen LogP) is 3.61. The number of rotatable bonds is 6. The average Bonchev–Trinajstić information content (AvgIpc) is 2.87. The van der Waals surface area contributed by atoms with Crippen LogP contribution in [0.15, 0.2) is 35.1 Å². The Kier molecular flexibility index (Phi) is 6.54. The van der Waals surface area contributed by atoms with Crippen LogP contribution < -0.4 is 31.1 Å². The Morgan fingerprint density at radius 2 is 1.84 bits per heavy atom. The van der Waals surface area contributed by atoms with Gasteiger partial charge in [0.2, 0.25) is 0 Å². The Morgan fingerprint density at radius 3 is 2.57 bits per heavy atom. The summed E-state index contributed by atoms with van der Waals surface area (Å²) in [6.45, 7) is 5.19. The van der Waals surface area contributed by atoms with Crippen LogP contribution in [0.25, 0.3) is 11.3 Å². The van der Waals surface area contributed by atoms with Gasteiger partial charge in [-0.2, -0.15) is 4.98 Å². The molecule has 9 nitrogen and oxygen atoms in total. The van der Waals surface area contributed by atoms with Crippen molar-refractivity contribution in [2.45, 2.75) is 52.1 Å². The Balaban J connectivity index is 1.66. The lowest BCUT2D eigenvalue weighted by atomic mass is 9.90. The number of amides is 2. The fraction of sp³-hybridized carbons (Fsp3) is 0.393. The van der Waals surface area contributed by atoms with Crippen molar-refractivity contribution >= 4 is 17.5 Å². The van der Waals surface area contributed by atoms with Crippen molar-refractivity contribution in [1.29, 1.82) is 0 Å². The zero-order valence-electron chi connectivity index (χ0n) is 21.8. The number of hydrogen-bond donors (Lipinski definition) is 2. The number of methoxy groups -OCH3 is 2. The van der Waals surface area contributed by atoms with Crippen LogP contribution in [0.3, 0.4) is 0 Å². The molecular weight excluding hydrogens is 470 g/mol. The zero-order valence-corrected chi connectivity index (χ0v) is 21.8. The minimum atomic E-state index is -0.541. The fourth-order valence-electron chi connectivity index (χ4n) is 5.81. The van der Waals surface area contributed by atoms with Crippen LogP contribution in [0.2, 0.25) is 0 Å². The van der Waals surface area contributed by atoms with Gasteiger partial charge in [-0.25, -0.2) is 9.59 Å². The molecule has 1 atom stereocenters. The number of aryl methyl sites for hydroxylation is 4. The van der Waals surface area contributed by atoms with Crippen molar-refractivity contribution < 1.29 is 14.3 Å². The lowest BCUT2D eigenvalue weighted by Gasteiger charge is -2.40. The van der Waals surface area contributed by atoms with Gasteiger partial charge in [-0.05, 0) is 68.4 Å². The maximum atomic E-state index is 13.4. The maximum Gasteiger partial charge on any atom is 0.350 e. The summed E-state index contributed by atoms with van der Waals surface area (Å²) in [5, 5.41) is 2.71. The third kappa shape index (κ3) is 4.50. The molecular formula is C28H33N5O4. The molecule has 0 bridgehead atoms. The molecule has 1 aromatic heterocycles. The first-order valence-corrected chi connectivity index (χ1v) is 12.6. The van der Waals surface area contributed by atoms with Crippen molar-refractivity contribution in [3.8, 4) is 22.8 Å². The second-order valence-corrected chi connectivity index (χ2v) is 9.78. The van der Waals surface area contributed by atoms with Gasteiger partial charge < -0.3 is 25.4 Å². The number of fused-ring (bicyclic) bond motifs is 4. The number of carbonyl (C=O) groups is 1. The number of urea groups is 1. The van der Waals surface area contributed by atoms with E-state index in [-0.39, 0.29) is 11.7 Å². The summed E-state index contributed by atoms with van der Waals surface area (Å²) in [5.74, 6) is 1.89. The summed E-state index contributed by atoms with van der Waals surface area (Å²) in [5.41, 5.74) is 12.5. The zero-order chi connectivity index (χ0) is 26.3.